The summed E-state index contributed by atoms with van der Waals surface area (Å²) < 4.78 is 7.23. The third-order valence-electron chi connectivity index (χ3n) is 4.02. The molecule has 1 atom stereocenters. The van der Waals surface area contributed by atoms with Crippen molar-refractivity contribution in [2.45, 2.75) is 12.8 Å². The molecule has 0 radical (unpaired) electrons. The number of Topliss-reactive ketones (excluding diaryl/α,β-unsaturated/α-hetero) is 1. The number of para-hydroxylation sites is 1. The van der Waals surface area contributed by atoms with Gasteiger partial charge in [-0.15, -0.1) is 0 Å². The Morgan fingerprint density at radius 2 is 2.15 bits per heavy atom. The lowest BCUT2D eigenvalue weighted by molar-refractivity contribution is -0.141. The lowest BCUT2D eigenvalue weighted by Gasteiger charge is -2.19. The van der Waals surface area contributed by atoms with Crippen LogP contribution in [0.1, 0.15) is 22.5 Å². The number of nitrogens with zero attached hydrogens (tertiary/aromatic N) is 1. The number of carbonyl (C=O) groups is 2. The number of fused-ring (bicyclic) bond motifs is 3. The molecule has 1 aliphatic carbocycles. The highest BCUT2D eigenvalue weighted by Gasteiger charge is 2.34. The number of ether oxygens (including phenoxy) is 1. The molecule has 1 unspecified atom stereocenters. The van der Waals surface area contributed by atoms with Crippen molar-refractivity contribution in [2.75, 3.05) is 7.11 Å². The fourth-order valence-electron chi connectivity index (χ4n) is 3.05. The summed E-state index contributed by atoms with van der Waals surface area (Å²) in [6.07, 6.45) is 0.448. The molecule has 1 N–H and O–H groups in total. The van der Waals surface area contributed by atoms with Crippen LogP contribution in [0.25, 0.3) is 10.9 Å². The molecule has 2 aromatic rings. The third kappa shape index (κ3) is 1.62. The van der Waals surface area contributed by atoms with Crippen LogP contribution < -0.4 is 4.74 Å². The van der Waals surface area contributed by atoms with Gasteiger partial charge in [-0.25, -0.2) is 0 Å². The van der Waals surface area contributed by atoms with Gasteiger partial charge in [-0.1, -0.05) is 12.1 Å². The molecule has 5 nitrogen and oxygen atoms in total. The number of benzene rings is 1. The molecule has 1 aromatic heterocycles. The van der Waals surface area contributed by atoms with Gasteiger partial charge in [0, 0.05) is 36.5 Å². The van der Waals surface area contributed by atoms with Crippen molar-refractivity contribution < 1.29 is 19.4 Å². The Morgan fingerprint density at radius 3 is 2.80 bits per heavy atom. The summed E-state index contributed by atoms with van der Waals surface area (Å²) in [7, 11) is 3.43. The zero-order chi connectivity index (χ0) is 14.4. The average Bonchev–Trinajstić information content (AvgIpc) is 2.73. The Kier molecular flexibility index (Phi) is 2.78. The van der Waals surface area contributed by atoms with Crippen molar-refractivity contribution >= 4 is 22.7 Å². The minimum Gasteiger partial charge on any atom is -0.495 e. The van der Waals surface area contributed by atoms with E-state index in [1.54, 1.807) is 7.11 Å². The zero-order valence-electron chi connectivity index (χ0n) is 11.3. The van der Waals surface area contributed by atoms with Crippen molar-refractivity contribution in [3.8, 4) is 5.75 Å². The van der Waals surface area contributed by atoms with E-state index in [0.29, 0.717) is 17.7 Å². The van der Waals surface area contributed by atoms with Crippen LogP contribution in [0.2, 0.25) is 0 Å². The van der Waals surface area contributed by atoms with Crippen LogP contribution in [-0.2, 0) is 18.3 Å². The molecule has 1 aromatic carbocycles. The molecule has 3 rings (SSSR count). The summed E-state index contributed by atoms with van der Waals surface area (Å²) >= 11 is 0. The van der Waals surface area contributed by atoms with Gasteiger partial charge in [0.15, 0.2) is 5.78 Å². The smallest absolute Gasteiger partial charge is 0.307 e. The first-order chi connectivity index (χ1) is 9.54. The Labute approximate surface area is 115 Å². The topological polar surface area (TPSA) is 68.5 Å². The maximum atomic E-state index is 12.3. The third-order valence-corrected chi connectivity index (χ3v) is 4.02. The summed E-state index contributed by atoms with van der Waals surface area (Å²) in [5.41, 5.74) is 2.28. The normalized spacial score (nSPS) is 18.1. The van der Waals surface area contributed by atoms with Crippen LogP contribution in [0.4, 0.5) is 0 Å². The van der Waals surface area contributed by atoms with E-state index in [1.807, 2.05) is 29.8 Å². The zero-order valence-corrected chi connectivity index (χ0v) is 11.3. The van der Waals surface area contributed by atoms with Crippen molar-refractivity contribution in [1.29, 1.82) is 0 Å². The molecule has 0 fully saturated rings. The first kappa shape index (κ1) is 12.7. The van der Waals surface area contributed by atoms with Crippen LogP contribution in [0.15, 0.2) is 18.2 Å². The lowest BCUT2D eigenvalue weighted by atomic mass is 9.86. The molecular weight excluding hydrogens is 258 g/mol. The molecule has 0 aliphatic heterocycles. The summed E-state index contributed by atoms with van der Waals surface area (Å²) in [4.78, 5) is 23.5. The molecule has 0 bridgehead atoms. The van der Waals surface area contributed by atoms with E-state index in [-0.39, 0.29) is 12.2 Å². The number of rotatable bonds is 2. The standard InChI is InChI=1S/C15H15NO4/c1-16-10-6-8(15(18)19)7-11(17)13(10)9-4-3-5-12(20-2)14(9)16/h3-5,8H,6-7H2,1-2H3,(H,18,19). The number of methoxy groups -OCH3 is 1. The SMILES string of the molecule is COc1cccc2c3c(n(C)c12)CC(C(=O)O)CC3=O. The van der Waals surface area contributed by atoms with Crippen LogP contribution in [0.3, 0.4) is 0 Å². The highest BCUT2D eigenvalue weighted by molar-refractivity contribution is 6.12. The quantitative estimate of drug-likeness (QED) is 0.908. The minimum atomic E-state index is -0.916. The number of carboxylic acids is 1. The van der Waals surface area contributed by atoms with Gasteiger partial charge in [0.25, 0.3) is 0 Å². The van der Waals surface area contributed by atoms with Gasteiger partial charge in [-0.3, -0.25) is 9.59 Å². The molecule has 0 saturated heterocycles. The summed E-state index contributed by atoms with van der Waals surface area (Å²) in [5.74, 6) is -0.957. The fourth-order valence-corrected chi connectivity index (χ4v) is 3.05. The van der Waals surface area contributed by atoms with E-state index in [9.17, 15) is 9.59 Å². The predicted molar refractivity (Wildman–Crippen MR) is 73.2 cm³/mol. The summed E-state index contributed by atoms with van der Waals surface area (Å²) in [6.45, 7) is 0. The van der Waals surface area contributed by atoms with E-state index in [2.05, 4.69) is 0 Å². The average molecular weight is 273 g/mol. The number of hydrogen-bond acceptors (Lipinski definition) is 3. The highest BCUT2D eigenvalue weighted by Crippen LogP contribution is 2.37. The Balaban J connectivity index is 2.30. The van der Waals surface area contributed by atoms with Crippen molar-refractivity contribution in [3.63, 3.8) is 0 Å². The van der Waals surface area contributed by atoms with Crippen molar-refractivity contribution in [1.82, 2.24) is 4.57 Å². The first-order valence-electron chi connectivity index (χ1n) is 6.44. The van der Waals surface area contributed by atoms with Crippen LogP contribution in [0, 0.1) is 5.92 Å². The van der Waals surface area contributed by atoms with E-state index in [1.165, 1.54) is 0 Å². The number of carbonyl (C=O) groups excluding carboxylic acids is 1. The Bertz CT molecular complexity index is 729. The second-order valence-corrected chi connectivity index (χ2v) is 5.10. The second kappa shape index (κ2) is 4.37. The number of hydrogen-bond donors (Lipinski definition) is 1. The number of aliphatic carboxylic acids is 1. The van der Waals surface area contributed by atoms with Gasteiger partial charge >= 0.3 is 5.97 Å². The van der Waals surface area contributed by atoms with Crippen molar-refractivity contribution in [2.24, 2.45) is 13.0 Å². The summed E-state index contributed by atoms with van der Waals surface area (Å²) in [6, 6.07) is 5.57. The van der Waals surface area contributed by atoms with Crippen LogP contribution >= 0.6 is 0 Å². The van der Waals surface area contributed by atoms with Crippen LogP contribution in [-0.4, -0.2) is 28.5 Å². The molecule has 1 aliphatic rings. The monoisotopic (exact) mass is 273 g/mol. The molecule has 1 heterocycles. The highest BCUT2D eigenvalue weighted by atomic mass is 16.5. The second-order valence-electron chi connectivity index (χ2n) is 5.10. The van der Waals surface area contributed by atoms with Gasteiger partial charge in [-0.2, -0.15) is 0 Å². The molecule has 104 valence electrons. The van der Waals surface area contributed by atoms with E-state index < -0.39 is 11.9 Å². The molecule has 0 saturated carbocycles. The Morgan fingerprint density at radius 1 is 1.40 bits per heavy atom. The largest absolute Gasteiger partial charge is 0.495 e. The number of ketones is 1. The molecule has 20 heavy (non-hydrogen) atoms. The van der Waals surface area contributed by atoms with Gasteiger partial charge < -0.3 is 14.4 Å². The van der Waals surface area contributed by atoms with E-state index >= 15 is 0 Å². The molecule has 5 heteroatoms. The predicted octanol–water partition coefficient (Wildman–Crippen LogP) is 2.02. The van der Waals surface area contributed by atoms with E-state index in [0.717, 1.165) is 16.6 Å². The van der Waals surface area contributed by atoms with Gasteiger partial charge in [0.1, 0.15) is 5.75 Å². The summed E-state index contributed by atoms with van der Waals surface area (Å²) in [5, 5.41) is 10.0. The van der Waals surface area contributed by atoms with Gasteiger partial charge in [-0.05, 0) is 6.07 Å². The maximum absolute atomic E-state index is 12.3. The molecule has 0 spiro atoms. The maximum Gasteiger partial charge on any atom is 0.307 e. The fraction of sp³-hybridized carbons (Fsp3) is 0.333. The number of aryl methyl sites for hydroxylation is 1. The molecule has 0 amide bonds. The van der Waals surface area contributed by atoms with Crippen molar-refractivity contribution in [3.05, 3.63) is 29.5 Å². The Hall–Kier alpha value is -2.30. The van der Waals surface area contributed by atoms with Crippen LogP contribution in [0.5, 0.6) is 5.75 Å². The van der Waals surface area contributed by atoms with Gasteiger partial charge in [0.2, 0.25) is 0 Å². The molecular formula is C15H15NO4. The van der Waals surface area contributed by atoms with Gasteiger partial charge in [0.05, 0.1) is 18.5 Å². The lowest BCUT2D eigenvalue weighted by Crippen LogP contribution is -2.27. The number of carboxylic acid groups (broad SMARTS) is 1. The van der Waals surface area contributed by atoms with E-state index in [4.69, 9.17) is 9.84 Å². The number of aromatic nitrogens is 1. The minimum absolute atomic E-state index is 0.0681. The first-order valence-corrected chi connectivity index (χ1v) is 6.44.